The van der Waals surface area contributed by atoms with E-state index in [1.807, 2.05) is 36.4 Å². The summed E-state index contributed by atoms with van der Waals surface area (Å²) in [6.45, 7) is 0.228. The Morgan fingerprint density at radius 2 is 1.86 bits per heavy atom. The first-order valence-corrected chi connectivity index (χ1v) is 9.49. The number of benzene rings is 3. The van der Waals surface area contributed by atoms with Crippen LogP contribution in [0.15, 0.2) is 70.6 Å². The van der Waals surface area contributed by atoms with Gasteiger partial charge in [0, 0.05) is 17.7 Å². The molecule has 0 fully saturated rings. The summed E-state index contributed by atoms with van der Waals surface area (Å²) in [5.41, 5.74) is 7.24. The van der Waals surface area contributed by atoms with Crippen LogP contribution in [-0.2, 0) is 11.4 Å². The van der Waals surface area contributed by atoms with E-state index in [-0.39, 0.29) is 23.4 Å². The van der Waals surface area contributed by atoms with Gasteiger partial charge in [-0.25, -0.2) is 0 Å². The fourth-order valence-electron chi connectivity index (χ4n) is 2.98. The highest BCUT2D eigenvalue weighted by atomic mass is 32.2. The van der Waals surface area contributed by atoms with Crippen molar-refractivity contribution in [1.82, 2.24) is 0 Å². The van der Waals surface area contributed by atoms with Crippen LogP contribution in [0.2, 0.25) is 0 Å². The molecule has 0 radical (unpaired) electrons. The van der Waals surface area contributed by atoms with Crippen LogP contribution < -0.4 is 10.5 Å². The second-order valence-corrected chi connectivity index (χ2v) is 7.34. The number of nitrogens with zero attached hydrogens (tertiary/aromatic N) is 2. The molecule has 8 heteroatoms. The first kappa shape index (κ1) is 18.7. The molecule has 0 unspecified atom stereocenters. The van der Waals surface area contributed by atoms with Crippen molar-refractivity contribution in [2.75, 3.05) is 0 Å². The molecule has 4 rings (SSSR count). The zero-order valence-corrected chi connectivity index (χ0v) is 15.9. The molecule has 0 spiro atoms. The molecule has 0 atom stereocenters. The van der Waals surface area contributed by atoms with Crippen molar-refractivity contribution < 1.29 is 14.5 Å². The number of fused-ring (bicyclic) bond motifs is 1. The van der Waals surface area contributed by atoms with Crippen molar-refractivity contribution in [3.05, 3.63) is 86.8 Å². The van der Waals surface area contributed by atoms with E-state index in [4.69, 9.17) is 10.5 Å². The quantitative estimate of drug-likeness (QED) is 0.386. The molecular weight excluding hydrogens is 390 g/mol. The number of nitrogens with two attached hydrogens (primary N) is 1. The minimum Gasteiger partial charge on any atom is -0.488 e. The van der Waals surface area contributed by atoms with Crippen LogP contribution >= 0.6 is 11.8 Å². The third-order valence-corrected chi connectivity index (χ3v) is 5.20. The maximum atomic E-state index is 12.1. The first-order chi connectivity index (χ1) is 14.0. The molecular formula is C21H15N3O4S. The number of carbonyl (C=O) groups excluding carboxylic acids is 1. The summed E-state index contributed by atoms with van der Waals surface area (Å²) in [4.78, 5) is 26.6. The van der Waals surface area contributed by atoms with Gasteiger partial charge in [0.2, 0.25) is 0 Å². The Hall–Kier alpha value is -3.65. The maximum Gasteiger partial charge on any atom is 0.286 e. The zero-order valence-electron chi connectivity index (χ0n) is 15.1. The second kappa shape index (κ2) is 7.76. The number of nitro groups is 1. The number of ether oxygens (including phenoxy) is 1. The average molecular weight is 405 g/mol. The molecule has 2 N–H and O–H groups in total. The molecule has 3 aromatic rings. The fraction of sp³-hybridized carbons (Fsp3) is 0.0476. The van der Waals surface area contributed by atoms with Gasteiger partial charge in [0.15, 0.2) is 5.17 Å². The van der Waals surface area contributed by atoms with E-state index < -0.39 is 4.92 Å². The van der Waals surface area contributed by atoms with E-state index in [2.05, 4.69) is 4.99 Å². The zero-order chi connectivity index (χ0) is 20.4. The second-order valence-electron chi connectivity index (χ2n) is 6.28. The third kappa shape index (κ3) is 3.97. The lowest BCUT2D eigenvalue weighted by Crippen LogP contribution is -2.01. The summed E-state index contributed by atoms with van der Waals surface area (Å²) in [5, 5.41) is 12.9. The van der Waals surface area contributed by atoms with E-state index in [1.54, 1.807) is 18.2 Å². The van der Waals surface area contributed by atoms with Crippen molar-refractivity contribution >= 4 is 45.4 Å². The number of amidine groups is 1. The van der Waals surface area contributed by atoms with Crippen LogP contribution in [0.5, 0.6) is 5.75 Å². The average Bonchev–Trinajstić information content (AvgIpc) is 3.04. The summed E-state index contributed by atoms with van der Waals surface area (Å²) in [6.07, 6.45) is 1.74. The molecule has 0 bridgehead atoms. The van der Waals surface area contributed by atoms with Gasteiger partial charge in [0.1, 0.15) is 12.4 Å². The number of nitro benzene ring substituents is 1. The Balaban J connectivity index is 1.68. The highest BCUT2D eigenvalue weighted by Gasteiger charge is 2.21. The van der Waals surface area contributed by atoms with Gasteiger partial charge in [0.05, 0.1) is 9.83 Å². The lowest BCUT2D eigenvalue weighted by Gasteiger charge is -2.13. The van der Waals surface area contributed by atoms with Crippen LogP contribution in [0.4, 0.5) is 5.69 Å². The van der Waals surface area contributed by atoms with Gasteiger partial charge in [-0.2, -0.15) is 4.99 Å². The number of amides is 1. The summed E-state index contributed by atoms with van der Waals surface area (Å²) in [7, 11) is 0. The Kier molecular flexibility index (Phi) is 5.01. The molecule has 1 aliphatic rings. The number of carbonyl (C=O) groups is 1. The number of thioether (sulfide) groups is 1. The lowest BCUT2D eigenvalue weighted by atomic mass is 10.0. The normalized spacial score (nSPS) is 15.0. The molecule has 1 aliphatic heterocycles. The van der Waals surface area contributed by atoms with Crippen LogP contribution in [-0.4, -0.2) is 16.0 Å². The van der Waals surface area contributed by atoms with Crippen LogP contribution in [0.25, 0.3) is 16.8 Å². The summed E-state index contributed by atoms with van der Waals surface area (Å²) in [5.74, 6) is 0.218. The summed E-state index contributed by atoms with van der Waals surface area (Å²) >= 11 is 1.12. The van der Waals surface area contributed by atoms with E-state index in [1.165, 1.54) is 12.1 Å². The van der Waals surface area contributed by atoms with Crippen molar-refractivity contribution in [3.8, 4) is 5.75 Å². The SMILES string of the molecule is NC1=NC(=O)C(=Cc2c(OCc3ccc([N+](=O)[O-])cc3)ccc3ccccc23)S1. The highest BCUT2D eigenvalue weighted by molar-refractivity contribution is 8.18. The van der Waals surface area contributed by atoms with Crippen LogP contribution in [0.3, 0.4) is 0 Å². The largest absolute Gasteiger partial charge is 0.488 e. The van der Waals surface area contributed by atoms with E-state index >= 15 is 0 Å². The number of hydrogen-bond donors (Lipinski definition) is 1. The monoisotopic (exact) mass is 405 g/mol. The van der Waals surface area contributed by atoms with Gasteiger partial charge in [-0.15, -0.1) is 0 Å². The molecule has 0 saturated carbocycles. The lowest BCUT2D eigenvalue weighted by molar-refractivity contribution is -0.384. The van der Waals surface area contributed by atoms with E-state index in [0.29, 0.717) is 10.7 Å². The van der Waals surface area contributed by atoms with Crippen molar-refractivity contribution in [2.24, 2.45) is 10.7 Å². The molecule has 3 aromatic carbocycles. The van der Waals surface area contributed by atoms with Gasteiger partial charge in [0.25, 0.3) is 11.6 Å². The molecule has 0 aliphatic carbocycles. The topological polar surface area (TPSA) is 108 Å². The van der Waals surface area contributed by atoms with Gasteiger partial charge < -0.3 is 10.5 Å². The Morgan fingerprint density at radius 3 is 2.55 bits per heavy atom. The Bertz CT molecular complexity index is 1190. The summed E-state index contributed by atoms with van der Waals surface area (Å²) < 4.78 is 6.00. The van der Waals surface area contributed by atoms with Crippen molar-refractivity contribution in [3.63, 3.8) is 0 Å². The molecule has 0 aromatic heterocycles. The predicted octanol–water partition coefficient (Wildman–Crippen LogP) is 4.26. The smallest absolute Gasteiger partial charge is 0.286 e. The minimum absolute atomic E-state index is 0.0271. The third-order valence-electron chi connectivity index (χ3n) is 4.38. The van der Waals surface area contributed by atoms with Crippen LogP contribution in [0, 0.1) is 10.1 Å². The number of hydrogen-bond acceptors (Lipinski definition) is 6. The Labute approximate surface area is 170 Å². The molecule has 29 heavy (non-hydrogen) atoms. The van der Waals surface area contributed by atoms with Gasteiger partial charge in [-0.1, -0.05) is 30.3 Å². The van der Waals surface area contributed by atoms with E-state index in [9.17, 15) is 14.9 Å². The van der Waals surface area contributed by atoms with Gasteiger partial charge >= 0.3 is 0 Å². The molecule has 7 nitrogen and oxygen atoms in total. The minimum atomic E-state index is -0.442. The molecule has 0 saturated heterocycles. The standard InChI is InChI=1S/C21H15N3O4S/c22-21-23-20(25)19(29-21)11-17-16-4-2-1-3-14(16)7-10-18(17)28-12-13-5-8-15(9-6-13)24(26)27/h1-11H,12H2,(H2,22,23,25). The predicted molar refractivity (Wildman–Crippen MR) is 114 cm³/mol. The van der Waals surface area contributed by atoms with Crippen molar-refractivity contribution in [2.45, 2.75) is 6.61 Å². The van der Waals surface area contributed by atoms with E-state index in [0.717, 1.165) is 33.7 Å². The van der Waals surface area contributed by atoms with Gasteiger partial charge in [-0.05, 0) is 52.4 Å². The summed E-state index contributed by atoms with van der Waals surface area (Å²) in [6, 6.07) is 17.8. The fourth-order valence-corrected chi connectivity index (χ4v) is 3.65. The Morgan fingerprint density at radius 1 is 1.10 bits per heavy atom. The van der Waals surface area contributed by atoms with Crippen LogP contribution in [0.1, 0.15) is 11.1 Å². The number of aliphatic imine (C=N–C) groups is 1. The molecule has 144 valence electrons. The number of non-ortho nitro benzene ring substituents is 1. The molecule has 1 amide bonds. The molecule has 1 heterocycles. The van der Waals surface area contributed by atoms with Crippen molar-refractivity contribution in [1.29, 1.82) is 0 Å². The highest BCUT2D eigenvalue weighted by Crippen LogP contribution is 2.34. The maximum absolute atomic E-state index is 12.1. The van der Waals surface area contributed by atoms with Gasteiger partial charge in [-0.3, -0.25) is 14.9 Å². The number of rotatable bonds is 5. The first-order valence-electron chi connectivity index (χ1n) is 8.67.